The monoisotopic (exact) mass is 436 g/mol. The molecule has 8 nitrogen and oxygen atoms in total. The average Bonchev–Trinajstić information content (AvgIpc) is 2.98. The summed E-state index contributed by atoms with van der Waals surface area (Å²) < 4.78 is 35.2. The predicted octanol–water partition coefficient (Wildman–Crippen LogP) is 2.49. The van der Waals surface area contributed by atoms with E-state index in [9.17, 15) is 13.2 Å². The van der Waals surface area contributed by atoms with E-state index >= 15 is 0 Å². The Kier molecular flexibility index (Phi) is 7.74. The minimum absolute atomic E-state index is 0.145. The van der Waals surface area contributed by atoms with Gasteiger partial charge in [-0.05, 0) is 51.0 Å². The van der Waals surface area contributed by atoms with Crippen molar-refractivity contribution in [2.45, 2.75) is 38.1 Å². The SMILES string of the molecule is CCOCCCNC(=O)N1CCCN(S(=O)(=O)c2ccc3c(ccn3CC)c2)CC1. The maximum absolute atomic E-state index is 13.2. The number of nitrogens with zero attached hydrogens (tertiary/aromatic N) is 3. The van der Waals surface area contributed by atoms with Gasteiger partial charge in [0, 0.05) is 69.6 Å². The Hall–Kier alpha value is -2.10. The number of rotatable bonds is 8. The second-order valence-corrected chi connectivity index (χ2v) is 9.29. The van der Waals surface area contributed by atoms with Gasteiger partial charge in [0.25, 0.3) is 0 Å². The number of hydrogen-bond donors (Lipinski definition) is 1. The lowest BCUT2D eigenvalue weighted by molar-refractivity contribution is 0.144. The molecule has 2 amide bonds. The number of ether oxygens (including phenoxy) is 1. The summed E-state index contributed by atoms with van der Waals surface area (Å²) in [5.41, 5.74) is 1.03. The summed E-state index contributed by atoms with van der Waals surface area (Å²) in [6, 6.07) is 7.08. The highest BCUT2D eigenvalue weighted by Gasteiger charge is 2.28. The Bertz CT molecular complexity index is 957. The first-order valence-corrected chi connectivity index (χ1v) is 12.1. The number of sulfonamides is 1. The van der Waals surface area contributed by atoms with Crippen LogP contribution in [0.5, 0.6) is 0 Å². The third kappa shape index (κ3) is 5.14. The number of benzene rings is 1. The van der Waals surface area contributed by atoms with Gasteiger partial charge >= 0.3 is 6.03 Å². The van der Waals surface area contributed by atoms with Gasteiger partial charge in [-0.25, -0.2) is 13.2 Å². The molecule has 0 atom stereocenters. The zero-order valence-corrected chi connectivity index (χ0v) is 18.7. The third-order valence-corrected chi connectivity index (χ3v) is 7.30. The predicted molar refractivity (Wildman–Crippen MR) is 117 cm³/mol. The van der Waals surface area contributed by atoms with Gasteiger partial charge in [0.2, 0.25) is 10.0 Å². The van der Waals surface area contributed by atoms with Gasteiger partial charge in [-0.1, -0.05) is 0 Å². The summed E-state index contributed by atoms with van der Waals surface area (Å²) in [6.07, 6.45) is 3.34. The average molecular weight is 437 g/mol. The van der Waals surface area contributed by atoms with Crippen LogP contribution in [0.25, 0.3) is 10.9 Å². The lowest BCUT2D eigenvalue weighted by Crippen LogP contribution is -2.43. The van der Waals surface area contributed by atoms with Crippen LogP contribution in [0.4, 0.5) is 4.79 Å². The number of carbonyl (C=O) groups is 1. The molecule has 0 radical (unpaired) electrons. The van der Waals surface area contributed by atoms with E-state index in [1.807, 2.05) is 25.3 Å². The molecule has 3 rings (SSSR count). The molecule has 9 heteroatoms. The lowest BCUT2D eigenvalue weighted by atomic mass is 10.2. The molecule has 1 saturated heterocycles. The molecule has 1 fully saturated rings. The summed E-state index contributed by atoms with van der Waals surface area (Å²) in [5, 5.41) is 3.81. The van der Waals surface area contributed by atoms with E-state index in [1.54, 1.807) is 17.0 Å². The molecule has 166 valence electrons. The molecule has 0 unspecified atom stereocenters. The van der Waals surface area contributed by atoms with Crippen molar-refractivity contribution in [2.75, 3.05) is 45.9 Å². The van der Waals surface area contributed by atoms with Crippen molar-refractivity contribution in [3.05, 3.63) is 30.5 Å². The summed E-state index contributed by atoms with van der Waals surface area (Å²) in [5.74, 6) is 0. The van der Waals surface area contributed by atoms with Gasteiger partial charge in [0.15, 0.2) is 0 Å². The van der Waals surface area contributed by atoms with E-state index in [0.29, 0.717) is 57.3 Å². The second kappa shape index (κ2) is 10.3. The van der Waals surface area contributed by atoms with Crippen LogP contribution >= 0.6 is 0 Å². The van der Waals surface area contributed by atoms with Crippen molar-refractivity contribution in [3.8, 4) is 0 Å². The zero-order valence-electron chi connectivity index (χ0n) is 17.8. The minimum Gasteiger partial charge on any atom is -0.382 e. The first-order chi connectivity index (χ1) is 14.5. The van der Waals surface area contributed by atoms with Crippen LogP contribution in [0, 0.1) is 0 Å². The van der Waals surface area contributed by atoms with Crippen molar-refractivity contribution in [2.24, 2.45) is 0 Å². The van der Waals surface area contributed by atoms with Crippen LogP contribution in [0.2, 0.25) is 0 Å². The number of hydrogen-bond acceptors (Lipinski definition) is 4. The number of carbonyl (C=O) groups excluding carboxylic acids is 1. The molecule has 2 aromatic rings. The summed E-state index contributed by atoms with van der Waals surface area (Å²) in [7, 11) is -3.60. The highest BCUT2D eigenvalue weighted by Crippen LogP contribution is 2.24. The Morgan fingerprint density at radius 2 is 1.97 bits per heavy atom. The number of amides is 2. The Labute approximate surface area is 178 Å². The van der Waals surface area contributed by atoms with Gasteiger partial charge in [-0.15, -0.1) is 0 Å². The van der Waals surface area contributed by atoms with Crippen LogP contribution in [-0.4, -0.2) is 74.2 Å². The number of urea groups is 1. The molecule has 0 spiro atoms. The van der Waals surface area contributed by atoms with E-state index in [-0.39, 0.29) is 6.03 Å². The number of nitrogens with one attached hydrogen (secondary N) is 1. The number of aromatic nitrogens is 1. The molecule has 2 heterocycles. The van der Waals surface area contributed by atoms with Crippen LogP contribution in [0.1, 0.15) is 26.7 Å². The molecule has 1 aliphatic heterocycles. The van der Waals surface area contributed by atoms with E-state index in [4.69, 9.17) is 4.74 Å². The fraction of sp³-hybridized carbons (Fsp3) is 0.571. The summed E-state index contributed by atoms with van der Waals surface area (Å²) >= 11 is 0. The number of fused-ring (bicyclic) bond motifs is 1. The van der Waals surface area contributed by atoms with Crippen molar-refractivity contribution in [1.29, 1.82) is 0 Å². The standard InChI is InChI=1S/C21H32N4O4S/c1-3-23-13-9-18-17-19(7-8-20(18)23)30(27,28)25-12-6-11-24(14-15-25)21(26)22-10-5-16-29-4-2/h7-9,13,17H,3-6,10-12,14-16H2,1-2H3,(H,22,26). The van der Waals surface area contributed by atoms with Crippen molar-refractivity contribution < 1.29 is 17.9 Å². The summed E-state index contributed by atoms with van der Waals surface area (Å²) in [4.78, 5) is 14.4. The molecule has 1 N–H and O–H groups in total. The minimum atomic E-state index is -3.60. The van der Waals surface area contributed by atoms with E-state index in [2.05, 4.69) is 16.8 Å². The fourth-order valence-corrected chi connectivity index (χ4v) is 5.23. The molecule has 30 heavy (non-hydrogen) atoms. The maximum Gasteiger partial charge on any atom is 0.317 e. The molecule has 1 aromatic heterocycles. The first-order valence-electron chi connectivity index (χ1n) is 10.7. The highest BCUT2D eigenvalue weighted by molar-refractivity contribution is 7.89. The van der Waals surface area contributed by atoms with Crippen LogP contribution < -0.4 is 5.32 Å². The molecular formula is C21H32N4O4S. The molecule has 0 aliphatic carbocycles. The third-order valence-electron chi connectivity index (χ3n) is 5.41. The van der Waals surface area contributed by atoms with Crippen molar-refractivity contribution in [3.63, 3.8) is 0 Å². The van der Waals surface area contributed by atoms with Crippen molar-refractivity contribution in [1.82, 2.24) is 19.1 Å². The maximum atomic E-state index is 13.2. The van der Waals surface area contributed by atoms with Gasteiger partial charge in [-0.2, -0.15) is 4.31 Å². The quantitative estimate of drug-likeness (QED) is 0.645. The molecule has 1 aliphatic rings. The van der Waals surface area contributed by atoms with Gasteiger partial charge in [-0.3, -0.25) is 0 Å². The Morgan fingerprint density at radius 3 is 2.73 bits per heavy atom. The highest BCUT2D eigenvalue weighted by atomic mass is 32.2. The molecule has 0 saturated carbocycles. The van der Waals surface area contributed by atoms with E-state index in [1.165, 1.54) is 4.31 Å². The molecule has 0 bridgehead atoms. The van der Waals surface area contributed by atoms with Gasteiger partial charge in [0.1, 0.15) is 0 Å². The van der Waals surface area contributed by atoms with Crippen LogP contribution in [0.3, 0.4) is 0 Å². The van der Waals surface area contributed by atoms with Gasteiger partial charge < -0.3 is 19.5 Å². The first kappa shape index (κ1) is 22.6. The summed E-state index contributed by atoms with van der Waals surface area (Å²) in [6.45, 7) is 8.30. The fourth-order valence-electron chi connectivity index (χ4n) is 3.73. The lowest BCUT2D eigenvalue weighted by Gasteiger charge is -2.22. The Morgan fingerprint density at radius 1 is 1.13 bits per heavy atom. The smallest absolute Gasteiger partial charge is 0.317 e. The van der Waals surface area contributed by atoms with Gasteiger partial charge in [0.05, 0.1) is 4.90 Å². The normalized spacial score (nSPS) is 16.0. The van der Waals surface area contributed by atoms with Crippen LogP contribution in [-0.2, 0) is 21.3 Å². The van der Waals surface area contributed by atoms with E-state index in [0.717, 1.165) is 23.9 Å². The zero-order chi connectivity index (χ0) is 21.6. The molecular weight excluding hydrogens is 404 g/mol. The van der Waals surface area contributed by atoms with Crippen molar-refractivity contribution >= 4 is 27.0 Å². The number of aryl methyl sites for hydroxylation is 1. The van der Waals surface area contributed by atoms with E-state index < -0.39 is 10.0 Å². The largest absolute Gasteiger partial charge is 0.382 e. The Balaban J connectivity index is 1.62. The molecule has 1 aromatic carbocycles. The second-order valence-electron chi connectivity index (χ2n) is 7.35. The topological polar surface area (TPSA) is 83.9 Å². The van der Waals surface area contributed by atoms with Crippen LogP contribution in [0.15, 0.2) is 35.4 Å².